The fourth-order valence-electron chi connectivity index (χ4n) is 2.46. The Morgan fingerprint density at radius 2 is 1.89 bits per heavy atom. The molecule has 2 aromatic rings. The molecule has 0 fully saturated rings. The molecule has 0 amide bonds. The summed E-state index contributed by atoms with van der Waals surface area (Å²) in [7, 11) is 0. The minimum Gasteiger partial charge on any atom is -0.312 e. The zero-order valence-corrected chi connectivity index (χ0v) is 12.3. The summed E-state index contributed by atoms with van der Waals surface area (Å²) in [5.41, 5.74) is 1.37. The maximum atomic E-state index is 5.82. The van der Waals surface area contributed by atoms with E-state index in [0.29, 0.717) is 5.92 Å². The predicted molar refractivity (Wildman–Crippen MR) is 84.8 cm³/mol. The summed E-state index contributed by atoms with van der Waals surface area (Å²) in [5.74, 6) is 1.45. The predicted octanol–water partition coefficient (Wildman–Crippen LogP) is 4.58. The average molecular weight is 276 g/mol. The van der Waals surface area contributed by atoms with Gasteiger partial charge in [-0.05, 0) is 35.2 Å². The van der Waals surface area contributed by atoms with Crippen LogP contribution in [0.4, 0.5) is 0 Å². The number of fused-ring (bicyclic) bond motifs is 1. The van der Waals surface area contributed by atoms with Gasteiger partial charge in [0.2, 0.25) is 0 Å². The molecule has 0 aliphatic carbocycles. The number of benzene rings is 2. The van der Waals surface area contributed by atoms with E-state index >= 15 is 0 Å². The highest BCUT2D eigenvalue weighted by Gasteiger charge is 2.05. The van der Waals surface area contributed by atoms with Crippen molar-refractivity contribution >= 4 is 22.4 Å². The molecular formula is C17H22ClN. The fourth-order valence-corrected chi connectivity index (χ4v) is 2.77. The highest BCUT2D eigenvalue weighted by Crippen LogP contribution is 2.18. The van der Waals surface area contributed by atoms with Crippen LogP contribution in [-0.4, -0.2) is 12.4 Å². The van der Waals surface area contributed by atoms with E-state index in [4.69, 9.17) is 11.6 Å². The molecule has 1 nitrogen and oxygen atoms in total. The lowest BCUT2D eigenvalue weighted by atomic mass is 10.0. The topological polar surface area (TPSA) is 12.0 Å². The van der Waals surface area contributed by atoms with E-state index < -0.39 is 0 Å². The van der Waals surface area contributed by atoms with Crippen LogP contribution in [0, 0.1) is 5.92 Å². The van der Waals surface area contributed by atoms with Crippen molar-refractivity contribution in [2.24, 2.45) is 5.92 Å². The average Bonchev–Trinajstić information content (AvgIpc) is 2.46. The van der Waals surface area contributed by atoms with E-state index in [-0.39, 0.29) is 0 Å². The summed E-state index contributed by atoms with van der Waals surface area (Å²) in [6.07, 6.45) is 2.29. The van der Waals surface area contributed by atoms with Crippen molar-refractivity contribution in [3.05, 3.63) is 48.0 Å². The minimum atomic E-state index is 0.687. The molecule has 0 spiro atoms. The van der Waals surface area contributed by atoms with Gasteiger partial charge in [-0.25, -0.2) is 0 Å². The molecule has 2 heteroatoms. The van der Waals surface area contributed by atoms with Crippen molar-refractivity contribution < 1.29 is 0 Å². The molecule has 2 aromatic carbocycles. The van der Waals surface area contributed by atoms with E-state index in [0.717, 1.165) is 25.4 Å². The monoisotopic (exact) mass is 275 g/mol. The molecule has 1 N–H and O–H groups in total. The van der Waals surface area contributed by atoms with Crippen LogP contribution in [0.5, 0.6) is 0 Å². The van der Waals surface area contributed by atoms with Gasteiger partial charge in [0.05, 0.1) is 0 Å². The second-order valence-electron chi connectivity index (χ2n) is 5.02. The smallest absolute Gasteiger partial charge is 0.0226 e. The Morgan fingerprint density at radius 3 is 2.68 bits per heavy atom. The van der Waals surface area contributed by atoms with Crippen LogP contribution in [0.1, 0.15) is 25.3 Å². The Morgan fingerprint density at radius 1 is 1.11 bits per heavy atom. The Bertz CT molecular complexity index is 504. The van der Waals surface area contributed by atoms with Gasteiger partial charge in [0.25, 0.3) is 0 Å². The second kappa shape index (κ2) is 7.52. The standard InChI is InChI=1S/C17H22ClN/c1-2-14(10-11-18)12-19-13-16-8-5-7-15-6-3-4-9-17(15)16/h3-9,14,19H,2,10-13H2,1H3. The molecule has 0 saturated carbocycles. The van der Waals surface area contributed by atoms with Gasteiger partial charge in [0.15, 0.2) is 0 Å². The summed E-state index contributed by atoms with van der Waals surface area (Å²) >= 11 is 5.82. The zero-order chi connectivity index (χ0) is 13.5. The van der Waals surface area contributed by atoms with Crippen molar-refractivity contribution in [1.29, 1.82) is 0 Å². The lowest BCUT2D eigenvalue weighted by Gasteiger charge is -2.15. The van der Waals surface area contributed by atoms with Crippen LogP contribution in [0.2, 0.25) is 0 Å². The third-order valence-electron chi connectivity index (χ3n) is 3.72. The van der Waals surface area contributed by atoms with E-state index in [9.17, 15) is 0 Å². The van der Waals surface area contributed by atoms with Crippen molar-refractivity contribution in [1.82, 2.24) is 5.32 Å². The van der Waals surface area contributed by atoms with E-state index in [1.165, 1.54) is 22.8 Å². The molecule has 0 bridgehead atoms. The Balaban J connectivity index is 1.98. The maximum absolute atomic E-state index is 5.82. The summed E-state index contributed by atoms with van der Waals surface area (Å²) in [4.78, 5) is 0. The van der Waals surface area contributed by atoms with Crippen molar-refractivity contribution in [3.8, 4) is 0 Å². The Kier molecular flexibility index (Phi) is 5.68. The van der Waals surface area contributed by atoms with E-state index in [1.807, 2.05) is 0 Å². The third kappa shape index (κ3) is 3.95. The Labute approximate surface area is 121 Å². The number of hydrogen-bond donors (Lipinski definition) is 1. The number of rotatable bonds is 7. The first kappa shape index (κ1) is 14.4. The number of alkyl halides is 1. The summed E-state index contributed by atoms with van der Waals surface area (Å²) in [6.45, 7) is 4.21. The van der Waals surface area contributed by atoms with Gasteiger partial charge < -0.3 is 5.32 Å². The van der Waals surface area contributed by atoms with Crippen LogP contribution in [0.15, 0.2) is 42.5 Å². The van der Waals surface area contributed by atoms with Gasteiger partial charge in [0, 0.05) is 12.4 Å². The molecule has 102 valence electrons. The van der Waals surface area contributed by atoms with Gasteiger partial charge in [-0.3, -0.25) is 0 Å². The highest BCUT2D eigenvalue weighted by atomic mass is 35.5. The van der Waals surface area contributed by atoms with Crippen LogP contribution >= 0.6 is 11.6 Å². The second-order valence-corrected chi connectivity index (χ2v) is 5.40. The molecular weight excluding hydrogens is 254 g/mol. The summed E-state index contributed by atoms with van der Waals surface area (Å²) < 4.78 is 0. The van der Waals surface area contributed by atoms with Crippen LogP contribution < -0.4 is 5.32 Å². The lowest BCUT2D eigenvalue weighted by Crippen LogP contribution is -2.22. The molecule has 0 radical (unpaired) electrons. The first-order chi connectivity index (χ1) is 9.35. The summed E-state index contributed by atoms with van der Waals surface area (Å²) in [6, 6.07) is 15.1. The Hall–Kier alpha value is -1.05. The SMILES string of the molecule is CCC(CCCl)CNCc1cccc2ccccc12. The van der Waals surface area contributed by atoms with Gasteiger partial charge in [-0.2, -0.15) is 0 Å². The first-order valence-corrected chi connectivity index (χ1v) is 7.62. The zero-order valence-electron chi connectivity index (χ0n) is 11.5. The van der Waals surface area contributed by atoms with Gasteiger partial charge in [-0.15, -0.1) is 11.6 Å². The van der Waals surface area contributed by atoms with Crippen molar-refractivity contribution in [2.75, 3.05) is 12.4 Å². The summed E-state index contributed by atoms with van der Waals surface area (Å²) in [5, 5.41) is 6.24. The van der Waals surface area contributed by atoms with Gasteiger partial charge >= 0.3 is 0 Å². The molecule has 19 heavy (non-hydrogen) atoms. The quantitative estimate of drug-likeness (QED) is 0.729. The normalized spacial score (nSPS) is 12.7. The van der Waals surface area contributed by atoms with Crippen LogP contribution in [0.25, 0.3) is 10.8 Å². The first-order valence-electron chi connectivity index (χ1n) is 7.08. The molecule has 0 aliphatic rings. The third-order valence-corrected chi connectivity index (χ3v) is 3.94. The molecule has 0 saturated heterocycles. The minimum absolute atomic E-state index is 0.687. The molecule has 1 atom stereocenters. The van der Waals surface area contributed by atoms with E-state index in [1.54, 1.807) is 0 Å². The largest absolute Gasteiger partial charge is 0.312 e. The van der Waals surface area contributed by atoms with Crippen LogP contribution in [-0.2, 0) is 6.54 Å². The molecule has 0 aliphatic heterocycles. The lowest BCUT2D eigenvalue weighted by molar-refractivity contribution is 0.452. The number of nitrogens with one attached hydrogen (secondary N) is 1. The molecule has 1 unspecified atom stereocenters. The van der Waals surface area contributed by atoms with Crippen molar-refractivity contribution in [3.63, 3.8) is 0 Å². The molecule has 2 rings (SSSR count). The molecule has 0 heterocycles. The van der Waals surface area contributed by atoms with Gasteiger partial charge in [-0.1, -0.05) is 55.8 Å². The maximum Gasteiger partial charge on any atom is 0.0226 e. The van der Waals surface area contributed by atoms with Gasteiger partial charge in [0.1, 0.15) is 0 Å². The van der Waals surface area contributed by atoms with E-state index in [2.05, 4.69) is 54.7 Å². The molecule has 0 aromatic heterocycles. The number of hydrogen-bond acceptors (Lipinski definition) is 1. The number of halogens is 1. The fraction of sp³-hybridized carbons (Fsp3) is 0.412. The van der Waals surface area contributed by atoms with Crippen LogP contribution in [0.3, 0.4) is 0 Å². The van der Waals surface area contributed by atoms with Crippen molar-refractivity contribution in [2.45, 2.75) is 26.3 Å². The highest BCUT2D eigenvalue weighted by molar-refractivity contribution is 6.17.